The van der Waals surface area contributed by atoms with Crippen molar-refractivity contribution in [1.29, 1.82) is 0 Å². The molecule has 0 atom stereocenters. The summed E-state index contributed by atoms with van der Waals surface area (Å²) in [4.78, 5) is 17.3. The highest BCUT2D eigenvalue weighted by molar-refractivity contribution is 7.92. The average Bonchev–Trinajstić information content (AvgIpc) is 2.81. The van der Waals surface area contributed by atoms with E-state index < -0.39 is 10.0 Å². The second-order valence-corrected chi connectivity index (χ2v) is 9.68. The zero-order valence-electron chi connectivity index (χ0n) is 18.3. The normalized spacial score (nSPS) is 14.3. The van der Waals surface area contributed by atoms with Crippen LogP contribution in [0.15, 0.2) is 77.7 Å². The second-order valence-electron chi connectivity index (χ2n) is 7.99. The molecule has 0 bridgehead atoms. The van der Waals surface area contributed by atoms with E-state index in [2.05, 4.69) is 41.7 Å². The molecule has 1 fully saturated rings. The summed E-state index contributed by atoms with van der Waals surface area (Å²) < 4.78 is 27.5. The van der Waals surface area contributed by atoms with Crippen molar-refractivity contribution in [2.45, 2.75) is 18.7 Å². The summed E-state index contributed by atoms with van der Waals surface area (Å²) >= 11 is 0. The van der Waals surface area contributed by atoms with E-state index in [1.165, 1.54) is 28.9 Å². The molecule has 4 rings (SSSR count). The third-order valence-electron chi connectivity index (χ3n) is 5.92. The van der Waals surface area contributed by atoms with Crippen molar-refractivity contribution in [3.05, 3.63) is 89.5 Å². The number of hydrogen-bond donors (Lipinski definition) is 1. The molecule has 0 spiro atoms. The van der Waals surface area contributed by atoms with E-state index in [-0.39, 0.29) is 10.8 Å². The van der Waals surface area contributed by atoms with Crippen LogP contribution in [0, 0.1) is 13.8 Å². The first-order valence-corrected chi connectivity index (χ1v) is 12.1. The van der Waals surface area contributed by atoms with E-state index in [1.54, 1.807) is 42.5 Å². The van der Waals surface area contributed by atoms with Gasteiger partial charge in [-0.1, -0.05) is 30.3 Å². The molecule has 0 aromatic heterocycles. The van der Waals surface area contributed by atoms with Crippen LogP contribution in [0.4, 0.5) is 11.4 Å². The number of nitrogens with one attached hydrogen (secondary N) is 1. The lowest BCUT2D eigenvalue weighted by Gasteiger charge is -2.37. The fourth-order valence-corrected chi connectivity index (χ4v) is 4.99. The van der Waals surface area contributed by atoms with Gasteiger partial charge in [0.25, 0.3) is 15.9 Å². The van der Waals surface area contributed by atoms with E-state index in [9.17, 15) is 13.2 Å². The summed E-state index contributed by atoms with van der Waals surface area (Å²) in [5.74, 6) is -0.0388. The number of rotatable bonds is 5. The molecule has 7 heteroatoms. The first kappa shape index (κ1) is 21.9. The topological polar surface area (TPSA) is 69.7 Å². The number of carbonyl (C=O) groups excluding carboxylic acids is 1. The maximum Gasteiger partial charge on any atom is 0.261 e. The van der Waals surface area contributed by atoms with Crippen molar-refractivity contribution in [2.75, 3.05) is 35.8 Å². The van der Waals surface area contributed by atoms with Gasteiger partial charge in [-0.25, -0.2) is 8.42 Å². The van der Waals surface area contributed by atoms with Gasteiger partial charge >= 0.3 is 0 Å². The number of hydrogen-bond acceptors (Lipinski definition) is 4. The van der Waals surface area contributed by atoms with Crippen LogP contribution in [0.1, 0.15) is 21.5 Å². The average molecular weight is 450 g/mol. The number of piperazine rings is 1. The minimum Gasteiger partial charge on any atom is -0.368 e. The summed E-state index contributed by atoms with van der Waals surface area (Å²) in [6.45, 7) is 7.11. The first-order valence-electron chi connectivity index (χ1n) is 10.6. The molecule has 3 aromatic rings. The number of nitrogens with zero attached hydrogens (tertiary/aromatic N) is 2. The minimum absolute atomic E-state index is 0.0388. The van der Waals surface area contributed by atoms with E-state index in [0.717, 1.165) is 13.1 Å². The Kier molecular flexibility index (Phi) is 6.19. The van der Waals surface area contributed by atoms with Crippen molar-refractivity contribution in [3.8, 4) is 0 Å². The summed E-state index contributed by atoms with van der Waals surface area (Å²) in [5.41, 5.74) is 4.75. The molecule has 6 nitrogen and oxygen atoms in total. The van der Waals surface area contributed by atoms with Gasteiger partial charge in [0.2, 0.25) is 0 Å². The van der Waals surface area contributed by atoms with Crippen molar-refractivity contribution in [3.63, 3.8) is 0 Å². The predicted molar refractivity (Wildman–Crippen MR) is 128 cm³/mol. The maximum atomic E-state index is 13.0. The molecule has 32 heavy (non-hydrogen) atoms. The predicted octanol–water partition coefficient (Wildman–Crippen LogP) is 4.07. The van der Waals surface area contributed by atoms with Crippen molar-refractivity contribution in [2.24, 2.45) is 0 Å². The molecule has 1 heterocycles. The third kappa shape index (κ3) is 4.62. The van der Waals surface area contributed by atoms with Gasteiger partial charge in [0.15, 0.2) is 0 Å². The fourth-order valence-electron chi connectivity index (χ4n) is 3.91. The third-order valence-corrected chi connectivity index (χ3v) is 7.32. The number of aryl methyl sites for hydroxylation is 1. The van der Waals surface area contributed by atoms with Crippen LogP contribution in [-0.2, 0) is 10.0 Å². The number of anilines is 2. The number of amides is 1. The molecule has 0 unspecified atom stereocenters. The van der Waals surface area contributed by atoms with E-state index in [0.29, 0.717) is 24.3 Å². The lowest BCUT2D eigenvalue weighted by Crippen LogP contribution is -2.49. The van der Waals surface area contributed by atoms with Gasteiger partial charge < -0.3 is 9.80 Å². The molecule has 0 saturated carbocycles. The monoisotopic (exact) mass is 449 g/mol. The standard InChI is InChI=1S/C25H27N3O3S/c1-19-7-6-10-24(20(19)2)27-15-17-28(18-16-27)25(29)21-11-13-22(14-12-21)26-32(30,31)23-8-4-3-5-9-23/h3-14,26H,15-18H2,1-2H3. The van der Waals surface area contributed by atoms with Crippen LogP contribution in [0.2, 0.25) is 0 Å². The minimum atomic E-state index is -3.66. The Balaban J connectivity index is 1.39. The fraction of sp³-hybridized carbons (Fsp3) is 0.240. The Morgan fingerprint density at radius 2 is 1.47 bits per heavy atom. The Labute approximate surface area is 189 Å². The molecule has 1 saturated heterocycles. The molecule has 1 N–H and O–H groups in total. The highest BCUT2D eigenvalue weighted by atomic mass is 32.2. The van der Waals surface area contributed by atoms with Crippen LogP contribution in [0.3, 0.4) is 0 Å². The van der Waals surface area contributed by atoms with Gasteiger partial charge in [-0.3, -0.25) is 9.52 Å². The van der Waals surface area contributed by atoms with E-state index in [1.807, 2.05) is 4.90 Å². The second kappa shape index (κ2) is 9.04. The van der Waals surface area contributed by atoms with Crippen LogP contribution < -0.4 is 9.62 Å². The van der Waals surface area contributed by atoms with E-state index >= 15 is 0 Å². The van der Waals surface area contributed by atoms with Crippen LogP contribution >= 0.6 is 0 Å². The summed E-state index contributed by atoms with van der Waals surface area (Å²) in [7, 11) is -3.66. The quantitative estimate of drug-likeness (QED) is 0.638. The van der Waals surface area contributed by atoms with Gasteiger partial charge in [0.05, 0.1) is 4.90 Å². The lowest BCUT2D eigenvalue weighted by molar-refractivity contribution is 0.0747. The van der Waals surface area contributed by atoms with Gasteiger partial charge in [-0.05, 0) is 67.4 Å². The van der Waals surface area contributed by atoms with Crippen LogP contribution in [0.25, 0.3) is 0 Å². The molecule has 3 aromatic carbocycles. The summed E-state index contributed by atoms with van der Waals surface area (Å²) in [6, 6.07) is 21.1. The number of carbonyl (C=O) groups is 1. The van der Waals surface area contributed by atoms with Gasteiger partial charge in [0, 0.05) is 43.1 Å². The Morgan fingerprint density at radius 3 is 2.12 bits per heavy atom. The molecule has 1 aliphatic rings. The number of sulfonamides is 1. The maximum absolute atomic E-state index is 13.0. The molecule has 0 aliphatic carbocycles. The molecule has 1 amide bonds. The molecular formula is C25H27N3O3S. The molecule has 166 valence electrons. The largest absolute Gasteiger partial charge is 0.368 e. The smallest absolute Gasteiger partial charge is 0.261 e. The Bertz CT molecular complexity index is 1200. The molecular weight excluding hydrogens is 422 g/mol. The lowest BCUT2D eigenvalue weighted by atomic mass is 10.1. The summed E-state index contributed by atoms with van der Waals surface area (Å²) in [5, 5.41) is 0. The van der Waals surface area contributed by atoms with Crippen LogP contribution in [0.5, 0.6) is 0 Å². The summed E-state index contributed by atoms with van der Waals surface area (Å²) in [6.07, 6.45) is 0. The Morgan fingerprint density at radius 1 is 0.812 bits per heavy atom. The number of benzene rings is 3. The first-order chi connectivity index (χ1) is 15.3. The van der Waals surface area contributed by atoms with Crippen molar-refractivity contribution < 1.29 is 13.2 Å². The Hall–Kier alpha value is -3.32. The van der Waals surface area contributed by atoms with Gasteiger partial charge in [-0.2, -0.15) is 0 Å². The highest BCUT2D eigenvalue weighted by Crippen LogP contribution is 2.24. The van der Waals surface area contributed by atoms with Crippen molar-refractivity contribution >= 4 is 27.3 Å². The van der Waals surface area contributed by atoms with Gasteiger partial charge in [0.1, 0.15) is 0 Å². The molecule has 0 radical (unpaired) electrons. The van der Waals surface area contributed by atoms with Gasteiger partial charge in [-0.15, -0.1) is 0 Å². The molecule has 1 aliphatic heterocycles. The zero-order chi connectivity index (χ0) is 22.7. The van der Waals surface area contributed by atoms with E-state index in [4.69, 9.17) is 0 Å². The zero-order valence-corrected chi connectivity index (χ0v) is 19.1. The van der Waals surface area contributed by atoms with Crippen LogP contribution in [-0.4, -0.2) is 45.4 Å². The highest BCUT2D eigenvalue weighted by Gasteiger charge is 2.23. The van der Waals surface area contributed by atoms with Crippen molar-refractivity contribution in [1.82, 2.24) is 4.90 Å². The SMILES string of the molecule is Cc1cccc(N2CCN(C(=O)c3ccc(NS(=O)(=O)c4ccccc4)cc3)CC2)c1C.